The monoisotopic (exact) mass is 281 g/mol. The van der Waals surface area contributed by atoms with Crippen LogP contribution >= 0.6 is 11.6 Å². The highest BCUT2D eigenvalue weighted by atomic mass is 35.5. The number of halogens is 1. The minimum atomic E-state index is 0.0480. The maximum absolute atomic E-state index is 12.6. The van der Waals surface area contributed by atoms with Crippen LogP contribution < -0.4 is 0 Å². The van der Waals surface area contributed by atoms with Gasteiger partial charge in [-0.15, -0.1) is 0 Å². The van der Waals surface area contributed by atoms with Gasteiger partial charge in [0.25, 0.3) is 5.91 Å². The van der Waals surface area contributed by atoms with E-state index in [1.165, 1.54) is 38.4 Å². The van der Waals surface area contributed by atoms with E-state index in [-0.39, 0.29) is 11.1 Å². The molecule has 0 aliphatic heterocycles. The highest BCUT2D eigenvalue weighted by Crippen LogP contribution is 2.33. The summed E-state index contributed by atoms with van der Waals surface area (Å²) in [6.07, 6.45) is 10.2. The van der Waals surface area contributed by atoms with Crippen molar-refractivity contribution < 1.29 is 9.21 Å². The highest BCUT2D eigenvalue weighted by molar-refractivity contribution is 6.32. The number of nitrogens with zero attached hydrogens (tertiary/aromatic N) is 1. The summed E-state index contributed by atoms with van der Waals surface area (Å²) in [7, 11) is 0. The van der Waals surface area contributed by atoms with Gasteiger partial charge in [0.05, 0.1) is 11.8 Å². The minimum Gasteiger partial charge on any atom is -0.452 e. The van der Waals surface area contributed by atoms with Gasteiger partial charge in [0, 0.05) is 12.6 Å². The normalized spacial score (nSPS) is 20.5. The molecule has 2 fully saturated rings. The van der Waals surface area contributed by atoms with Crippen molar-refractivity contribution in [1.82, 2.24) is 4.90 Å². The van der Waals surface area contributed by atoms with E-state index < -0.39 is 0 Å². The summed E-state index contributed by atoms with van der Waals surface area (Å²) in [4.78, 5) is 14.6. The molecule has 1 aromatic rings. The van der Waals surface area contributed by atoms with Gasteiger partial charge in [-0.3, -0.25) is 4.79 Å². The Hall–Kier alpha value is -0.960. The number of amides is 1. The number of carbonyl (C=O) groups excluding carboxylic acids is 1. The molecule has 0 spiro atoms. The molecule has 1 amide bonds. The number of hydrogen-bond acceptors (Lipinski definition) is 2. The summed E-state index contributed by atoms with van der Waals surface area (Å²) < 4.78 is 5.04. The molecule has 1 heterocycles. The molecule has 2 saturated carbocycles. The summed E-state index contributed by atoms with van der Waals surface area (Å²) in [6.45, 7) is 0.894. The molecule has 1 aromatic heterocycles. The third-order valence-electron chi connectivity index (χ3n) is 4.28. The molecule has 104 valence electrons. The molecule has 2 aliphatic carbocycles. The van der Waals surface area contributed by atoms with E-state index in [0.717, 1.165) is 19.4 Å². The molecule has 19 heavy (non-hydrogen) atoms. The van der Waals surface area contributed by atoms with Crippen LogP contribution in [0.25, 0.3) is 0 Å². The maximum Gasteiger partial charge on any atom is 0.258 e. The number of rotatable bonds is 4. The van der Waals surface area contributed by atoms with Crippen LogP contribution in [0.1, 0.15) is 55.3 Å². The average molecular weight is 282 g/mol. The van der Waals surface area contributed by atoms with Gasteiger partial charge >= 0.3 is 0 Å². The Morgan fingerprint density at radius 1 is 1.26 bits per heavy atom. The molecular weight excluding hydrogens is 262 g/mol. The highest BCUT2D eigenvalue weighted by Gasteiger charge is 2.35. The largest absolute Gasteiger partial charge is 0.452 e. The lowest BCUT2D eigenvalue weighted by Crippen LogP contribution is -2.37. The van der Waals surface area contributed by atoms with E-state index >= 15 is 0 Å². The lowest BCUT2D eigenvalue weighted by Gasteiger charge is -2.29. The summed E-state index contributed by atoms with van der Waals surface area (Å²) in [6, 6.07) is 2.11. The summed E-state index contributed by atoms with van der Waals surface area (Å²) >= 11 is 5.93. The molecule has 0 radical (unpaired) electrons. The molecule has 0 N–H and O–H groups in total. The summed E-state index contributed by atoms with van der Waals surface area (Å²) in [5, 5.41) is 0.222. The van der Waals surface area contributed by atoms with Crippen LogP contribution in [0.5, 0.6) is 0 Å². The standard InChI is InChI=1S/C15H20ClNO2/c16-14-13(8-9-19-14)15(18)17(12-6-7-12)10-11-4-2-1-3-5-11/h8-9,11-12H,1-7,10H2. The topological polar surface area (TPSA) is 33.5 Å². The van der Waals surface area contributed by atoms with E-state index in [1.807, 2.05) is 4.90 Å². The van der Waals surface area contributed by atoms with Crippen molar-refractivity contribution in [2.45, 2.75) is 51.0 Å². The van der Waals surface area contributed by atoms with E-state index in [0.29, 0.717) is 17.5 Å². The lowest BCUT2D eigenvalue weighted by atomic mass is 9.89. The van der Waals surface area contributed by atoms with E-state index in [2.05, 4.69) is 0 Å². The molecule has 0 aromatic carbocycles. The Morgan fingerprint density at radius 3 is 2.58 bits per heavy atom. The summed E-state index contributed by atoms with van der Waals surface area (Å²) in [5.74, 6) is 0.718. The molecule has 0 saturated heterocycles. The van der Waals surface area contributed by atoms with Gasteiger partial charge in [0.15, 0.2) is 0 Å². The second-order valence-corrected chi connectivity index (χ2v) is 6.14. The van der Waals surface area contributed by atoms with Crippen molar-refractivity contribution in [2.24, 2.45) is 5.92 Å². The molecule has 0 bridgehead atoms. The quantitative estimate of drug-likeness (QED) is 0.832. The van der Waals surface area contributed by atoms with Crippen molar-refractivity contribution in [3.8, 4) is 0 Å². The first-order chi connectivity index (χ1) is 9.25. The lowest BCUT2D eigenvalue weighted by molar-refractivity contribution is 0.0698. The Balaban J connectivity index is 1.70. The first-order valence-corrected chi connectivity index (χ1v) is 7.67. The fourth-order valence-corrected chi connectivity index (χ4v) is 3.23. The minimum absolute atomic E-state index is 0.0480. The number of furan rings is 1. The first-order valence-electron chi connectivity index (χ1n) is 7.29. The molecule has 3 nitrogen and oxygen atoms in total. The Bertz CT molecular complexity index is 447. The van der Waals surface area contributed by atoms with Crippen LogP contribution in [-0.2, 0) is 0 Å². The molecule has 0 unspecified atom stereocenters. The maximum atomic E-state index is 12.6. The number of carbonyl (C=O) groups is 1. The van der Waals surface area contributed by atoms with E-state index in [9.17, 15) is 4.79 Å². The van der Waals surface area contributed by atoms with Crippen LogP contribution in [0, 0.1) is 5.92 Å². The smallest absolute Gasteiger partial charge is 0.258 e. The zero-order chi connectivity index (χ0) is 13.2. The van der Waals surface area contributed by atoms with Crippen molar-refractivity contribution in [3.63, 3.8) is 0 Å². The SMILES string of the molecule is O=C(c1ccoc1Cl)N(CC1CCCCC1)C1CC1. The average Bonchev–Trinajstić information content (AvgIpc) is 3.18. The van der Waals surface area contributed by atoms with Gasteiger partial charge in [0.2, 0.25) is 5.22 Å². The predicted molar refractivity (Wildman–Crippen MR) is 74.4 cm³/mol. The fourth-order valence-electron chi connectivity index (χ4n) is 3.03. The van der Waals surface area contributed by atoms with Crippen molar-refractivity contribution in [2.75, 3.05) is 6.54 Å². The third-order valence-corrected chi connectivity index (χ3v) is 4.57. The summed E-state index contributed by atoms with van der Waals surface area (Å²) in [5.41, 5.74) is 0.518. The zero-order valence-corrected chi connectivity index (χ0v) is 11.9. The van der Waals surface area contributed by atoms with Crippen molar-refractivity contribution in [3.05, 3.63) is 23.1 Å². The van der Waals surface area contributed by atoms with Crippen LogP contribution in [0.2, 0.25) is 5.22 Å². The van der Waals surface area contributed by atoms with Crippen LogP contribution in [0.4, 0.5) is 0 Å². The third kappa shape index (κ3) is 2.97. The van der Waals surface area contributed by atoms with Gasteiger partial charge in [-0.25, -0.2) is 0 Å². The Morgan fingerprint density at radius 2 is 2.00 bits per heavy atom. The van der Waals surface area contributed by atoms with Gasteiger partial charge in [-0.05, 0) is 49.3 Å². The molecule has 3 rings (SSSR count). The second-order valence-electron chi connectivity index (χ2n) is 5.80. The van der Waals surface area contributed by atoms with Crippen LogP contribution in [0.15, 0.2) is 16.7 Å². The van der Waals surface area contributed by atoms with Crippen LogP contribution in [0.3, 0.4) is 0 Å². The van der Waals surface area contributed by atoms with E-state index in [1.54, 1.807) is 6.07 Å². The second kappa shape index (κ2) is 5.58. The predicted octanol–water partition coefficient (Wildman–Crippen LogP) is 4.12. The fraction of sp³-hybridized carbons (Fsp3) is 0.667. The van der Waals surface area contributed by atoms with Crippen molar-refractivity contribution >= 4 is 17.5 Å². The Labute approximate surface area is 118 Å². The van der Waals surface area contributed by atoms with Gasteiger partial charge in [-0.2, -0.15) is 0 Å². The molecule has 4 heteroatoms. The first kappa shape index (κ1) is 13.0. The van der Waals surface area contributed by atoms with Gasteiger partial charge in [0.1, 0.15) is 0 Å². The molecule has 2 aliphatic rings. The van der Waals surface area contributed by atoms with Gasteiger partial charge < -0.3 is 9.32 Å². The van der Waals surface area contributed by atoms with E-state index in [4.69, 9.17) is 16.0 Å². The molecular formula is C15H20ClNO2. The van der Waals surface area contributed by atoms with Crippen molar-refractivity contribution in [1.29, 1.82) is 0 Å². The zero-order valence-electron chi connectivity index (χ0n) is 11.1. The van der Waals surface area contributed by atoms with Gasteiger partial charge in [-0.1, -0.05) is 19.3 Å². The van der Waals surface area contributed by atoms with Crippen LogP contribution in [-0.4, -0.2) is 23.4 Å². The number of hydrogen-bond donors (Lipinski definition) is 0. The Kier molecular flexibility index (Phi) is 3.83. The molecule has 0 atom stereocenters.